The zero-order valence-corrected chi connectivity index (χ0v) is 28.3. The van der Waals surface area contributed by atoms with E-state index in [-0.39, 0.29) is 12.6 Å². The summed E-state index contributed by atoms with van der Waals surface area (Å²) in [4.78, 5) is 14.3. The highest BCUT2D eigenvalue weighted by Crippen LogP contribution is 2.12. The number of rotatable bonds is 35. The van der Waals surface area contributed by atoms with Gasteiger partial charge in [0.1, 0.15) is 0 Å². The summed E-state index contributed by atoms with van der Waals surface area (Å²) in [5.74, 6) is -0.0545. The van der Waals surface area contributed by atoms with Crippen molar-refractivity contribution in [3.05, 3.63) is 0 Å². The third-order valence-electron chi connectivity index (χ3n) is 8.27. The van der Waals surface area contributed by atoms with Crippen molar-refractivity contribution < 1.29 is 24.5 Å². The lowest BCUT2D eigenvalue weighted by Gasteiger charge is -2.21. The zero-order chi connectivity index (χ0) is 30.8. The fourth-order valence-electron chi connectivity index (χ4n) is 5.48. The van der Waals surface area contributed by atoms with Crippen LogP contribution in [0.1, 0.15) is 181 Å². The van der Waals surface area contributed by atoms with Crippen LogP contribution in [0.3, 0.4) is 0 Å². The van der Waals surface area contributed by atoms with Crippen LogP contribution in [0.2, 0.25) is 0 Å². The number of aliphatic hydroxyl groups excluding tert-OH is 2. The number of carbonyl (C=O) groups excluding carboxylic acids is 1. The van der Waals surface area contributed by atoms with Crippen LogP contribution in [0.25, 0.3) is 0 Å². The molecule has 6 heteroatoms. The van der Waals surface area contributed by atoms with Gasteiger partial charge in [0.05, 0.1) is 13.2 Å². The highest BCUT2D eigenvalue weighted by Gasteiger charge is 2.08. The topological polar surface area (TPSA) is 79.2 Å². The van der Waals surface area contributed by atoms with Gasteiger partial charge in [-0.1, -0.05) is 129 Å². The molecule has 0 heterocycles. The first kappa shape index (κ1) is 41.3. The average molecular weight is 600 g/mol. The molecule has 0 aromatic heterocycles. The zero-order valence-electron chi connectivity index (χ0n) is 28.3. The van der Waals surface area contributed by atoms with E-state index in [1.807, 2.05) is 0 Å². The van der Waals surface area contributed by atoms with E-state index in [9.17, 15) is 15.0 Å². The van der Waals surface area contributed by atoms with Gasteiger partial charge >= 0.3 is 5.97 Å². The normalized spacial score (nSPS) is 12.3. The molecule has 0 spiro atoms. The van der Waals surface area contributed by atoms with Crippen LogP contribution in [-0.4, -0.2) is 66.8 Å². The second-order valence-electron chi connectivity index (χ2n) is 12.4. The lowest BCUT2D eigenvalue weighted by molar-refractivity contribution is -0.143. The minimum Gasteiger partial charge on any atom is -0.466 e. The summed E-state index contributed by atoms with van der Waals surface area (Å²) in [6.45, 7) is 8.55. The Morgan fingerprint density at radius 1 is 0.571 bits per heavy atom. The fraction of sp³-hybridized carbons (Fsp3) is 0.972. The minimum absolute atomic E-state index is 0.0545. The molecule has 0 rings (SSSR count). The highest BCUT2D eigenvalue weighted by atomic mass is 16.6. The maximum absolute atomic E-state index is 12.0. The Bertz CT molecular complexity index is 533. The summed E-state index contributed by atoms with van der Waals surface area (Å²) in [7, 11) is 0. The Kier molecular flexibility index (Phi) is 34.2. The Morgan fingerprint density at radius 3 is 1.55 bits per heavy atom. The van der Waals surface area contributed by atoms with Crippen LogP contribution in [0.15, 0.2) is 0 Å². The van der Waals surface area contributed by atoms with Gasteiger partial charge in [0, 0.05) is 19.6 Å². The quantitative estimate of drug-likeness (QED) is 0.0429. The summed E-state index contributed by atoms with van der Waals surface area (Å²) < 4.78 is 11.0. The van der Waals surface area contributed by atoms with Crippen molar-refractivity contribution in [2.45, 2.75) is 187 Å². The highest BCUT2D eigenvalue weighted by molar-refractivity contribution is 5.69. The number of aliphatic hydroxyl groups is 2. The largest absolute Gasteiger partial charge is 0.466 e. The van der Waals surface area contributed by atoms with Crippen LogP contribution in [0, 0.1) is 0 Å². The van der Waals surface area contributed by atoms with E-state index in [4.69, 9.17) is 9.47 Å². The number of hydrogen-bond acceptors (Lipinski definition) is 6. The SMILES string of the molecule is CCCCCCCCCCCOC(=O)CCCCCN(CCO)CCCCCC(O)OCCCCCCCCCCC. The molecule has 0 aromatic rings. The summed E-state index contributed by atoms with van der Waals surface area (Å²) >= 11 is 0. The van der Waals surface area contributed by atoms with Gasteiger partial charge in [-0.05, 0) is 58.0 Å². The maximum atomic E-state index is 12.0. The van der Waals surface area contributed by atoms with Gasteiger partial charge < -0.3 is 24.6 Å². The first-order chi connectivity index (χ1) is 20.6. The van der Waals surface area contributed by atoms with Crippen molar-refractivity contribution in [1.82, 2.24) is 4.90 Å². The lowest BCUT2D eigenvalue weighted by atomic mass is 10.1. The molecule has 0 saturated carbocycles. The van der Waals surface area contributed by atoms with Gasteiger partial charge in [-0.2, -0.15) is 0 Å². The second-order valence-corrected chi connectivity index (χ2v) is 12.4. The van der Waals surface area contributed by atoms with E-state index in [1.54, 1.807) is 0 Å². The van der Waals surface area contributed by atoms with Gasteiger partial charge in [0.2, 0.25) is 0 Å². The molecule has 6 nitrogen and oxygen atoms in total. The Hall–Kier alpha value is -0.690. The van der Waals surface area contributed by atoms with E-state index < -0.39 is 6.29 Å². The molecule has 1 unspecified atom stereocenters. The molecule has 0 saturated heterocycles. The molecule has 0 fully saturated rings. The molecule has 0 radical (unpaired) electrons. The summed E-state index contributed by atoms with van der Waals surface area (Å²) in [6.07, 6.45) is 29.7. The summed E-state index contributed by atoms with van der Waals surface area (Å²) in [5.41, 5.74) is 0. The predicted octanol–water partition coefficient (Wildman–Crippen LogP) is 9.34. The number of unbranched alkanes of at least 4 members (excludes halogenated alkanes) is 20. The second kappa shape index (κ2) is 34.8. The van der Waals surface area contributed by atoms with Gasteiger partial charge in [-0.25, -0.2) is 0 Å². The molecule has 0 aliphatic carbocycles. The lowest BCUT2D eigenvalue weighted by Crippen LogP contribution is -2.29. The summed E-state index contributed by atoms with van der Waals surface area (Å²) in [6, 6.07) is 0. The predicted molar refractivity (Wildman–Crippen MR) is 178 cm³/mol. The first-order valence-electron chi connectivity index (χ1n) is 18.4. The number of esters is 1. The van der Waals surface area contributed by atoms with Gasteiger partial charge in [-0.15, -0.1) is 0 Å². The van der Waals surface area contributed by atoms with E-state index in [0.29, 0.717) is 32.6 Å². The Labute approximate surface area is 261 Å². The molecule has 0 aromatic carbocycles. The molecular weight excluding hydrogens is 526 g/mol. The standard InChI is InChI=1S/C36H73NO5/c1-3-5-7-9-11-13-15-17-25-33-41-35(39)27-21-19-23-29-37(31-32-38)30-24-20-22-28-36(40)42-34-26-18-16-14-12-10-8-6-4-2/h35,38-39H,3-34H2,1-2H3. The van der Waals surface area contributed by atoms with Gasteiger partial charge in [-0.3, -0.25) is 4.79 Å². The van der Waals surface area contributed by atoms with Crippen molar-refractivity contribution in [2.24, 2.45) is 0 Å². The molecular formula is C36H73NO5. The minimum atomic E-state index is -0.635. The third kappa shape index (κ3) is 32.2. The number of ether oxygens (including phenoxy) is 2. The average Bonchev–Trinajstić information content (AvgIpc) is 2.98. The molecule has 2 N–H and O–H groups in total. The van der Waals surface area contributed by atoms with Crippen molar-refractivity contribution in [3.63, 3.8) is 0 Å². The smallest absolute Gasteiger partial charge is 0.305 e. The van der Waals surface area contributed by atoms with E-state index in [1.165, 1.54) is 96.3 Å². The Morgan fingerprint density at radius 2 is 1.02 bits per heavy atom. The van der Waals surface area contributed by atoms with Crippen LogP contribution in [0.4, 0.5) is 0 Å². The van der Waals surface area contributed by atoms with Crippen LogP contribution < -0.4 is 0 Å². The fourth-order valence-corrected chi connectivity index (χ4v) is 5.48. The molecule has 0 aliphatic rings. The molecule has 42 heavy (non-hydrogen) atoms. The Balaban J connectivity index is 3.57. The van der Waals surface area contributed by atoms with E-state index in [0.717, 1.165) is 70.9 Å². The van der Waals surface area contributed by atoms with Crippen molar-refractivity contribution in [3.8, 4) is 0 Å². The number of hydrogen-bond donors (Lipinski definition) is 2. The van der Waals surface area contributed by atoms with Crippen LogP contribution in [-0.2, 0) is 14.3 Å². The van der Waals surface area contributed by atoms with Gasteiger partial charge in [0.15, 0.2) is 6.29 Å². The summed E-state index contributed by atoms with van der Waals surface area (Å²) in [5, 5.41) is 19.5. The molecule has 1 atom stereocenters. The van der Waals surface area contributed by atoms with Crippen molar-refractivity contribution >= 4 is 5.97 Å². The number of carbonyl (C=O) groups is 1. The molecule has 0 bridgehead atoms. The monoisotopic (exact) mass is 600 g/mol. The molecule has 0 aliphatic heterocycles. The van der Waals surface area contributed by atoms with Gasteiger partial charge in [0.25, 0.3) is 0 Å². The van der Waals surface area contributed by atoms with Crippen molar-refractivity contribution in [2.75, 3.05) is 39.5 Å². The first-order valence-corrected chi connectivity index (χ1v) is 18.4. The molecule has 252 valence electrons. The van der Waals surface area contributed by atoms with E-state index >= 15 is 0 Å². The van der Waals surface area contributed by atoms with E-state index in [2.05, 4.69) is 18.7 Å². The van der Waals surface area contributed by atoms with Crippen LogP contribution >= 0.6 is 0 Å². The number of nitrogens with zero attached hydrogens (tertiary/aromatic N) is 1. The van der Waals surface area contributed by atoms with Crippen molar-refractivity contribution in [1.29, 1.82) is 0 Å². The van der Waals surface area contributed by atoms with Crippen LogP contribution in [0.5, 0.6) is 0 Å². The third-order valence-corrected chi connectivity index (χ3v) is 8.27. The maximum Gasteiger partial charge on any atom is 0.305 e. The molecule has 0 amide bonds.